The molecule has 0 N–H and O–H groups in total. The fourth-order valence-corrected chi connectivity index (χ4v) is 9.44. The molecule has 0 aromatic rings. The van der Waals surface area contributed by atoms with Crippen molar-refractivity contribution in [2.75, 3.05) is 13.2 Å². The molecule has 458 valence electrons. The molecule has 0 heterocycles. The third-order valence-corrected chi connectivity index (χ3v) is 14.5. The van der Waals surface area contributed by atoms with Gasteiger partial charge in [0.2, 0.25) is 0 Å². The molecule has 1 atom stereocenters. The zero-order valence-electron chi connectivity index (χ0n) is 52.6. The van der Waals surface area contributed by atoms with Crippen LogP contribution in [0.5, 0.6) is 0 Å². The molecular formula is C74H126O6. The van der Waals surface area contributed by atoms with E-state index in [4.69, 9.17) is 14.2 Å². The lowest BCUT2D eigenvalue weighted by molar-refractivity contribution is -0.167. The van der Waals surface area contributed by atoms with Crippen molar-refractivity contribution in [3.8, 4) is 0 Å². The third kappa shape index (κ3) is 64.9. The second kappa shape index (κ2) is 67.6. The lowest BCUT2D eigenvalue weighted by Crippen LogP contribution is -2.30. The Morgan fingerprint density at radius 1 is 0.263 bits per heavy atom. The summed E-state index contributed by atoms with van der Waals surface area (Å²) in [5, 5.41) is 0. The molecule has 0 aromatic carbocycles. The molecule has 0 rings (SSSR count). The van der Waals surface area contributed by atoms with Gasteiger partial charge in [-0.2, -0.15) is 0 Å². The Hall–Kier alpha value is -3.93. The van der Waals surface area contributed by atoms with Crippen molar-refractivity contribution >= 4 is 17.9 Å². The third-order valence-electron chi connectivity index (χ3n) is 14.5. The topological polar surface area (TPSA) is 78.9 Å². The summed E-state index contributed by atoms with van der Waals surface area (Å²) in [7, 11) is 0. The van der Waals surface area contributed by atoms with E-state index in [0.29, 0.717) is 19.3 Å². The Labute approximate surface area is 495 Å². The van der Waals surface area contributed by atoms with Crippen molar-refractivity contribution in [3.05, 3.63) is 109 Å². The number of carbonyl (C=O) groups excluding carboxylic acids is 3. The maximum absolute atomic E-state index is 12.9. The smallest absolute Gasteiger partial charge is 0.306 e. The maximum Gasteiger partial charge on any atom is 0.306 e. The highest BCUT2D eigenvalue weighted by atomic mass is 16.6. The molecule has 0 aliphatic heterocycles. The number of unbranched alkanes of at least 4 members (excludes halogenated alkanes) is 32. The monoisotopic (exact) mass is 1110 g/mol. The molecule has 0 bridgehead atoms. The number of ether oxygens (including phenoxy) is 3. The van der Waals surface area contributed by atoms with E-state index in [1.54, 1.807) is 0 Å². The quantitative estimate of drug-likeness (QED) is 0.0261. The predicted octanol–water partition coefficient (Wildman–Crippen LogP) is 23.4. The van der Waals surface area contributed by atoms with Gasteiger partial charge in [0, 0.05) is 19.3 Å². The van der Waals surface area contributed by atoms with Gasteiger partial charge in [-0.25, -0.2) is 0 Å². The van der Waals surface area contributed by atoms with Crippen LogP contribution in [0.3, 0.4) is 0 Å². The molecular weight excluding hydrogens is 985 g/mol. The Bertz CT molecular complexity index is 1610. The van der Waals surface area contributed by atoms with Gasteiger partial charge < -0.3 is 14.2 Å². The van der Waals surface area contributed by atoms with E-state index in [2.05, 4.69) is 130 Å². The maximum atomic E-state index is 12.9. The number of allylic oxidation sites excluding steroid dienone is 18. The van der Waals surface area contributed by atoms with E-state index in [-0.39, 0.29) is 31.1 Å². The van der Waals surface area contributed by atoms with E-state index in [1.807, 2.05) is 0 Å². The predicted molar refractivity (Wildman–Crippen MR) is 348 cm³/mol. The summed E-state index contributed by atoms with van der Waals surface area (Å²) >= 11 is 0. The lowest BCUT2D eigenvalue weighted by Gasteiger charge is -2.18. The molecule has 0 spiro atoms. The zero-order chi connectivity index (χ0) is 57.8. The molecule has 0 aliphatic rings. The molecule has 6 nitrogen and oxygen atoms in total. The van der Waals surface area contributed by atoms with Crippen LogP contribution in [0.25, 0.3) is 0 Å². The van der Waals surface area contributed by atoms with Crippen LogP contribution in [0, 0.1) is 0 Å². The van der Waals surface area contributed by atoms with Gasteiger partial charge in [-0.3, -0.25) is 14.4 Å². The van der Waals surface area contributed by atoms with Crippen LogP contribution < -0.4 is 0 Å². The fraction of sp³-hybridized carbons (Fsp3) is 0.716. The standard InChI is InChI=1S/C74H126O6/c1-4-7-10-13-16-19-22-24-26-28-30-32-34-36-37-38-40-41-43-45-47-49-52-55-58-61-64-67-73(76)79-70-71(69-78-72(75)66-63-60-57-54-51-21-18-15-12-9-6-3)80-74(77)68-65-62-59-56-53-50-48-46-44-42-39-35-33-31-29-27-25-23-20-17-14-11-8-5-2/h7,10,15-16,18-19,24,26,30,32,36-37,40-41,45,47,52,55,71H,4-6,8-9,11-14,17,20-23,25,27-29,31,33-35,38-39,42-44,46,48-51,53-54,56-70H2,1-3H3/b10-7-,18-15-,19-16-,26-24-,32-30-,37-36-,41-40-,47-45-,55-52-. The Balaban J connectivity index is 4.34. The minimum atomic E-state index is -0.800. The summed E-state index contributed by atoms with van der Waals surface area (Å²) in [5.41, 5.74) is 0. The first-order valence-electron chi connectivity index (χ1n) is 33.9. The summed E-state index contributed by atoms with van der Waals surface area (Å²) in [5.74, 6) is -0.939. The van der Waals surface area contributed by atoms with Crippen molar-refractivity contribution in [1.29, 1.82) is 0 Å². The number of hydrogen-bond acceptors (Lipinski definition) is 6. The highest BCUT2D eigenvalue weighted by molar-refractivity contribution is 5.71. The molecule has 0 saturated carbocycles. The second-order valence-corrected chi connectivity index (χ2v) is 22.4. The van der Waals surface area contributed by atoms with Crippen LogP contribution in [-0.4, -0.2) is 37.2 Å². The van der Waals surface area contributed by atoms with Crippen LogP contribution in [-0.2, 0) is 28.6 Å². The van der Waals surface area contributed by atoms with Gasteiger partial charge >= 0.3 is 17.9 Å². The first-order valence-corrected chi connectivity index (χ1v) is 33.9. The van der Waals surface area contributed by atoms with Gasteiger partial charge in [-0.15, -0.1) is 0 Å². The molecule has 1 unspecified atom stereocenters. The normalized spacial score (nSPS) is 12.8. The number of rotatable bonds is 61. The molecule has 0 amide bonds. The first kappa shape index (κ1) is 76.1. The Morgan fingerprint density at radius 2 is 0.500 bits per heavy atom. The molecule has 0 fully saturated rings. The highest BCUT2D eigenvalue weighted by Gasteiger charge is 2.19. The summed E-state index contributed by atoms with van der Waals surface area (Å²) in [6.45, 7) is 6.48. The van der Waals surface area contributed by atoms with E-state index in [0.717, 1.165) is 122 Å². The van der Waals surface area contributed by atoms with Gasteiger partial charge in [0.1, 0.15) is 13.2 Å². The average Bonchev–Trinajstić information content (AvgIpc) is 3.46. The van der Waals surface area contributed by atoms with Gasteiger partial charge in [0.25, 0.3) is 0 Å². The Kier molecular flexibility index (Phi) is 64.3. The van der Waals surface area contributed by atoms with Crippen molar-refractivity contribution in [2.45, 2.75) is 329 Å². The molecule has 0 aromatic heterocycles. The van der Waals surface area contributed by atoms with Gasteiger partial charge in [-0.05, 0) is 103 Å². The van der Waals surface area contributed by atoms with Crippen molar-refractivity contribution in [1.82, 2.24) is 0 Å². The minimum Gasteiger partial charge on any atom is -0.462 e. The summed E-state index contributed by atoms with van der Waals surface area (Å²) in [4.78, 5) is 38.3. The van der Waals surface area contributed by atoms with E-state index in [1.165, 1.54) is 161 Å². The van der Waals surface area contributed by atoms with Crippen molar-refractivity contribution in [2.24, 2.45) is 0 Å². The van der Waals surface area contributed by atoms with Gasteiger partial charge in [0.15, 0.2) is 6.10 Å². The SMILES string of the molecule is CC/C=C\C/C=C\C/C=C\C/C=C\C/C=C\C/C=C\C/C=C\C/C=C\CCCCC(=O)OCC(COC(=O)CCCCCCC/C=C\CCCC)OC(=O)CCCCCCCCCCCCCCCCCCCCCCCCCC. The summed E-state index contributed by atoms with van der Waals surface area (Å²) in [6, 6.07) is 0. The second-order valence-electron chi connectivity index (χ2n) is 22.4. The molecule has 0 radical (unpaired) electrons. The first-order chi connectivity index (χ1) is 39.5. The summed E-state index contributed by atoms with van der Waals surface area (Å²) < 4.78 is 16.9. The number of hydrogen-bond donors (Lipinski definition) is 0. The molecule has 0 aliphatic carbocycles. The van der Waals surface area contributed by atoms with E-state index < -0.39 is 6.10 Å². The Morgan fingerprint density at radius 3 is 0.838 bits per heavy atom. The van der Waals surface area contributed by atoms with Crippen LogP contribution in [0.2, 0.25) is 0 Å². The van der Waals surface area contributed by atoms with Crippen LogP contribution in [0.15, 0.2) is 109 Å². The number of esters is 3. The molecule has 0 saturated heterocycles. The number of carbonyl (C=O) groups is 3. The average molecular weight is 1110 g/mol. The highest BCUT2D eigenvalue weighted by Crippen LogP contribution is 2.17. The molecule has 80 heavy (non-hydrogen) atoms. The van der Waals surface area contributed by atoms with Crippen LogP contribution in [0.4, 0.5) is 0 Å². The molecule has 6 heteroatoms. The van der Waals surface area contributed by atoms with E-state index >= 15 is 0 Å². The zero-order valence-corrected chi connectivity index (χ0v) is 52.6. The summed E-state index contributed by atoms with van der Waals surface area (Å²) in [6.07, 6.45) is 92.6. The largest absolute Gasteiger partial charge is 0.462 e. The lowest BCUT2D eigenvalue weighted by atomic mass is 10.0. The minimum absolute atomic E-state index is 0.0949. The van der Waals surface area contributed by atoms with Crippen molar-refractivity contribution < 1.29 is 28.6 Å². The van der Waals surface area contributed by atoms with Gasteiger partial charge in [0.05, 0.1) is 0 Å². The fourth-order valence-electron chi connectivity index (χ4n) is 9.44. The van der Waals surface area contributed by atoms with Crippen LogP contribution >= 0.6 is 0 Å². The van der Waals surface area contributed by atoms with Gasteiger partial charge in [-0.1, -0.05) is 310 Å². The van der Waals surface area contributed by atoms with Crippen LogP contribution in [0.1, 0.15) is 323 Å². The van der Waals surface area contributed by atoms with Crippen molar-refractivity contribution in [3.63, 3.8) is 0 Å². The van der Waals surface area contributed by atoms with E-state index in [9.17, 15) is 14.4 Å².